The second-order valence-electron chi connectivity index (χ2n) is 3.09. The molecule has 0 saturated heterocycles. The molecule has 0 atom stereocenters. The summed E-state index contributed by atoms with van der Waals surface area (Å²) in [5.41, 5.74) is 6.69. The second kappa shape index (κ2) is 4.18. The van der Waals surface area contributed by atoms with Crippen molar-refractivity contribution in [1.29, 1.82) is 0 Å². The maximum atomic E-state index is 11.6. The zero-order valence-corrected chi connectivity index (χ0v) is 10.4. The molecule has 0 fully saturated rings. The van der Waals surface area contributed by atoms with Gasteiger partial charge < -0.3 is 5.73 Å². The summed E-state index contributed by atoms with van der Waals surface area (Å²) in [5.74, 6) is 0. The Morgan fingerprint density at radius 1 is 1.44 bits per heavy atom. The zero-order chi connectivity index (χ0) is 11.7. The molecule has 16 heavy (non-hydrogen) atoms. The molecule has 0 unspecified atom stereocenters. The molecule has 0 saturated carbocycles. The number of rotatable bonds is 1. The molecule has 1 heterocycles. The molecule has 0 spiro atoms. The predicted molar refractivity (Wildman–Crippen MR) is 67.6 cm³/mol. The molecule has 4 N–H and O–H groups in total. The number of hydrogen-bond acceptors (Lipinski definition) is 4. The third-order valence-electron chi connectivity index (χ3n) is 1.98. The fourth-order valence-corrected chi connectivity index (χ4v) is 1.80. The van der Waals surface area contributed by atoms with Gasteiger partial charge >= 0.3 is 0 Å². The lowest BCUT2D eigenvalue weighted by molar-refractivity contribution is 0.932. The SMILES string of the molecule is Nc1cc(Br)ccc1-c1n[nH]c(=S)[nH]c1=O. The van der Waals surface area contributed by atoms with E-state index in [1.54, 1.807) is 18.2 Å². The van der Waals surface area contributed by atoms with Crippen LogP contribution in [0.2, 0.25) is 0 Å². The highest BCUT2D eigenvalue weighted by Crippen LogP contribution is 2.24. The first kappa shape index (κ1) is 11.0. The highest BCUT2D eigenvalue weighted by Gasteiger charge is 2.08. The molecule has 5 nitrogen and oxygen atoms in total. The van der Waals surface area contributed by atoms with Gasteiger partial charge in [0.25, 0.3) is 5.56 Å². The van der Waals surface area contributed by atoms with E-state index in [0.717, 1.165) is 4.47 Å². The highest BCUT2D eigenvalue weighted by molar-refractivity contribution is 9.10. The van der Waals surface area contributed by atoms with Gasteiger partial charge in [0.15, 0.2) is 10.5 Å². The molecular formula is C9H7BrN4OS. The van der Waals surface area contributed by atoms with Crippen molar-refractivity contribution < 1.29 is 0 Å². The summed E-state index contributed by atoms with van der Waals surface area (Å²) in [6, 6.07) is 5.21. The monoisotopic (exact) mass is 298 g/mol. The van der Waals surface area contributed by atoms with Crippen LogP contribution in [0, 0.1) is 4.77 Å². The van der Waals surface area contributed by atoms with Gasteiger partial charge in [-0.2, -0.15) is 5.10 Å². The molecule has 0 radical (unpaired) electrons. The Balaban J connectivity index is 2.68. The summed E-state index contributed by atoms with van der Waals surface area (Å²) in [6.07, 6.45) is 0. The van der Waals surface area contributed by atoms with Gasteiger partial charge in [0.2, 0.25) is 0 Å². The van der Waals surface area contributed by atoms with E-state index in [1.807, 2.05) is 0 Å². The summed E-state index contributed by atoms with van der Waals surface area (Å²) < 4.78 is 1.03. The first-order valence-corrected chi connectivity index (χ1v) is 5.52. The third-order valence-corrected chi connectivity index (χ3v) is 2.67. The van der Waals surface area contributed by atoms with Gasteiger partial charge in [0.05, 0.1) is 0 Å². The summed E-state index contributed by atoms with van der Waals surface area (Å²) in [4.78, 5) is 14.1. The Kier molecular flexibility index (Phi) is 2.88. The van der Waals surface area contributed by atoms with Crippen molar-refractivity contribution in [3.05, 3.63) is 37.8 Å². The van der Waals surface area contributed by atoms with E-state index in [9.17, 15) is 4.79 Å². The number of nitrogens with one attached hydrogen (secondary N) is 2. The largest absolute Gasteiger partial charge is 0.398 e. The number of halogens is 1. The maximum Gasteiger partial charge on any atom is 0.278 e. The fourth-order valence-electron chi connectivity index (χ4n) is 1.28. The smallest absolute Gasteiger partial charge is 0.278 e. The van der Waals surface area contributed by atoms with Crippen LogP contribution in [0.3, 0.4) is 0 Å². The number of nitrogens with zero attached hydrogens (tertiary/aromatic N) is 1. The maximum absolute atomic E-state index is 11.6. The lowest BCUT2D eigenvalue weighted by atomic mass is 10.1. The summed E-state index contributed by atoms with van der Waals surface area (Å²) in [5, 5.41) is 6.39. The van der Waals surface area contributed by atoms with Crippen molar-refractivity contribution in [2.45, 2.75) is 0 Å². The molecule has 7 heteroatoms. The number of hydrogen-bond donors (Lipinski definition) is 3. The van der Waals surface area contributed by atoms with Crippen molar-refractivity contribution in [3.63, 3.8) is 0 Å². The van der Waals surface area contributed by atoms with Gasteiger partial charge in [-0.1, -0.05) is 15.9 Å². The summed E-state index contributed by atoms with van der Waals surface area (Å²) in [7, 11) is 0. The standard InChI is InChI=1S/C9H7BrN4OS/c10-4-1-2-5(6(11)3-4)7-8(15)12-9(16)14-13-7/h1-3H,11H2,(H2,12,14,15,16). The van der Waals surface area contributed by atoms with Crippen LogP contribution >= 0.6 is 28.1 Å². The van der Waals surface area contributed by atoms with E-state index >= 15 is 0 Å². The van der Waals surface area contributed by atoms with Gasteiger partial charge in [-0.15, -0.1) is 0 Å². The Morgan fingerprint density at radius 2 is 2.19 bits per heavy atom. The molecule has 0 aliphatic rings. The zero-order valence-electron chi connectivity index (χ0n) is 7.95. The van der Waals surface area contributed by atoms with Crippen molar-refractivity contribution >= 4 is 33.8 Å². The predicted octanol–water partition coefficient (Wildman–Crippen LogP) is 1.84. The molecule has 2 rings (SSSR count). The van der Waals surface area contributed by atoms with Gasteiger partial charge in [-0.25, -0.2) is 0 Å². The molecule has 0 amide bonds. The topological polar surface area (TPSA) is 87.6 Å². The van der Waals surface area contributed by atoms with Crippen LogP contribution in [0.5, 0.6) is 0 Å². The Bertz CT molecular complexity index is 648. The Hall–Kier alpha value is -1.47. The number of aromatic nitrogens is 3. The first-order chi connectivity index (χ1) is 7.58. The van der Waals surface area contributed by atoms with Gasteiger partial charge in [-0.05, 0) is 30.4 Å². The quantitative estimate of drug-likeness (QED) is 0.554. The fraction of sp³-hybridized carbons (Fsp3) is 0. The van der Waals surface area contributed by atoms with Crippen LogP contribution < -0.4 is 11.3 Å². The van der Waals surface area contributed by atoms with Crippen molar-refractivity contribution in [3.8, 4) is 11.3 Å². The lowest BCUT2D eigenvalue weighted by Gasteiger charge is -2.03. The number of anilines is 1. The van der Waals surface area contributed by atoms with E-state index in [4.69, 9.17) is 18.0 Å². The number of nitrogen functional groups attached to an aromatic ring is 1. The molecule has 0 aliphatic carbocycles. The lowest BCUT2D eigenvalue weighted by Crippen LogP contribution is -2.13. The highest BCUT2D eigenvalue weighted by atomic mass is 79.9. The average molecular weight is 299 g/mol. The second-order valence-corrected chi connectivity index (χ2v) is 4.41. The third kappa shape index (κ3) is 2.05. The number of aromatic amines is 2. The van der Waals surface area contributed by atoms with Gasteiger partial charge in [0, 0.05) is 15.7 Å². The molecule has 1 aromatic carbocycles. The van der Waals surface area contributed by atoms with E-state index in [0.29, 0.717) is 11.3 Å². The van der Waals surface area contributed by atoms with Crippen LogP contribution in [0.4, 0.5) is 5.69 Å². The van der Waals surface area contributed by atoms with Crippen LogP contribution in [-0.2, 0) is 0 Å². The molecule has 0 bridgehead atoms. The van der Waals surface area contributed by atoms with Crippen molar-refractivity contribution in [2.75, 3.05) is 5.73 Å². The van der Waals surface area contributed by atoms with E-state index in [2.05, 4.69) is 31.1 Å². The molecule has 2 aromatic rings. The van der Waals surface area contributed by atoms with Gasteiger partial charge in [-0.3, -0.25) is 14.9 Å². The molecule has 1 aromatic heterocycles. The van der Waals surface area contributed by atoms with E-state index < -0.39 is 0 Å². The van der Waals surface area contributed by atoms with E-state index in [-0.39, 0.29) is 16.0 Å². The average Bonchev–Trinajstić information content (AvgIpc) is 2.19. The van der Waals surface area contributed by atoms with E-state index in [1.165, 1.54) is 0 Å². The number of H-pyrrole nitrogens is 2. The number of nitrogens with two attached hydrogens (primary N) is 1. The Morgan fingerprint density at radius 3 is 2.81 bits per heavy atom. The van der Waals surface area contributed by atoms with Crippen molar-refractivity contribution in [2.24, 2.45) is 0 Å². The minimum Gasteiger partial charge on any atom is -0.398 e. The van der Waals surface area contributed by atoms with Crippen LogP contribution in [0.1, 0.15) is 0 Å². The molecule has 82 valence electrons. The minimum absolute atomic E-state index is 0.185. The minimum atomic E-state index is -0.363. The summed E-state index contributed by atoms with van der Waals surface area (Å²) in [6.45, 7) is 0. The molecular weight excluding hydrogens is 292 g/mol. The summed E-state index contributed by atoms with van der Waals surface area (Å²) >= 11 is 8.04. The van der Waals surface area contributed by atoms with Crippen molar-refractivity contribution in [1.82, 2.24) is 15.2 Å². The normalized spacial score (nSPS) is 10.3. The van der Waals surface area contributed by atoms with Crippen LogP contribution in [0.25, 0.3) is 11.3 Å². The van der Waals surface area contributed by atoms with Crippen LogP contribution in [-0.4, -0.2) is 15.2 Å². The molecule has 0 aliphatic heterocycles. The first-order valence-electron chi connectivity index (χ1n) is 4.32. The number of benzene rings is 1. The van der Waals surface area contributed by atoms with Gasteiger partial charge in [0.1, 0.15) is 0 Å². The van der Waals surface area contributed by atoms with Crippen LogP contribution in [0.15, 0.2) is 27.5 Å². The Labute approximate surface area is 104 Å².